The highest BCUT2D eigenvalue weighted by molar-refractivity contribution is 7.98. The second-order valence-corrected chi connectivity index (χ2v) is 11.2. The van der Waals surface area contributed by atoms with Crippen LogP contribution in [0.4, 0.5) is 0 Å². The average Bonchev–Trinajstić information content (AvgIpc) is 3.59. The van der Waals surface area contributed by atoms with Crippen molar-refractivity contribution in [2.45, 2.75) is 24.3 Å². The van der Waals surface area contributed by atoms with Crippen molar-refractivity contribution in [2.75, 3.05) is 39.4 Å². The van der Waals surface area contributed by atoms with Crippen LogP contribution in [-0.2, 0) is 10.5 Å². The van der Waals surface area contributed by atoms with E-state index >= 15 is 0 Å². The third-order valence-electron chi connectivity index (χ3n) is 6.19. The number of amides is 1. The van der Waals surface area contributed by atoms with E-state index in [9.17, 15) is 4.79 Å². The predicted molar refractivity (Wildman–Crippen MR) is 152 cm³/mol. The van der Waals surface area contributed by atoms with E-state index in [0.29, 0.717) is 28.8 Å². The SMILES string of the molecule is Cc1ccc(-n2c(SCc3nc(C(=O)NCCCN4CCOCC4)cs3)nnc2-c2ccccc2Cl)cc1. The number of thioether (sulfide) groups is 1. The zero-order valence-electron chi connectivity index (χ0n) is 21.1. The van der Waals surface area contributed by atoms with Crippen LogP contribution in [0.2, 0.25) is 5.02 Å². The first-order valence-electron chi connectivity index (χ1n) is 12.5. The largest absolute Gasteiger partial charge is 0.379 e. The van der Waals surface area contributed by atoms with Gasteiger partial charge in [-0.05, 0) is 44.2 Å². The first-order chi connectivity index (χ1) is 18.6. The number of ether oxygens (including phenoxy) is 1. The summed E-state index contributed by atoms with van der Waals surface area (Å²) in [5, 5.41) is 16.0. The summed E-state index contributed by atoms with van der Waals surface area (Å²) in [6.07, 6.45) is 0.904. The second kappa shape index (κ2) is 12.9. The first kappa shape index (κ1) is 26.8. The number of thiazole rings is 1. The van der Waals surface area contributed by atoms with Crippen LogP contribution in [0.15, 0.2) is 59.1 Å². The van der Waals surface area contributed by atoms with Gasteiger partial charge in [0, 0.05) is 36.3 Å². The molecule has 0 atom stereocenters. The maximum atomic E-state index is 12.6. The van der Waals surface area contributed by atoms with E-state index < -0.39 is 0 Å². The van der Waals surface area contributed by atoms with Gasteiger partial charge in [0.2, 0.25) is 0 Å². The normalized spacial score (nSPS) is 14.1. The Morgan fingerprint density at radius 1 is 1.13 bits per heavy atom. The van der Waals surface area contributed by atoms with Crippen molar-refractivity contribution in [3.8, 4) is 17.1 Å². The number of hydrogen-bond donors (Lipinski definition) is 1. The van der Waals surface area contributed by atoms with Gasteiger partial charge in [-0.1, -0.05) is 53.2 Å². The number of hydrogen-bond acceptors (Lipinski definition) is 8. The lowest BCUT2D eigenvalue weighted by Gasteiger charge is -2.26. The summed E-state index contributed by atoms with van der Waals surface area (Å²) >= 11 is 9.51. The highest BCUT2D eigenvalue weighted by atomic mass is 35.5. The molecule has 2 aromatic heterocycles. The summed E-state index contributed by atoms with van der Waals surface area (Å²) in [6, 6.07) is 15.9. The van der Waals surface area contributed by atoms with Crippen molar-refractivity contribution in [1.29, 1.82) is 0 Å². The van der Waals surface area contributed by atoms with Crippen molar-refractivity contribution in [3.63, 3.8) is 0 Å². The van der Waals surface area contributed by atoms with Crippen LogP contribution in [0.1, 0.15) is 27.5 Å². The highest BCUT2D eigenvalue weighted by Crippen LogP contribution is 2.33. The number of halogens is 1. The molecule has 1 N–H and O–H groups in total. The number of nitrogens with zero attached hydrogens (tertiary/aromatic N) is 5. The predicted octanol–water partition coefficient (Wildman–Crippen LogP) is 5.10. The lowest BCUT2D eigenvalue weighted by molar-refractivity contribution is 0.0374. The average molecular weight is 569 g/mol. The van der Waals surface area contributed by atoms with Crippen molar-refractivity contribution in [1.82, 2.24) is 30.0 Å². The van der Waals surface area contributed by atoms with Gasteiger partial charge < -0.3 is 10.1 Å². The Morgan fingerprint density at radius 3 is 2.71 bits per heavy atom. The Balaban J connectivity index is 1.24. The standard InChI is InChI=1S/C27H29ClN6O2S2/c1-19-7-9-20(10-8-19)34-25(21-5-2-3-6-22(21)28)31-32-27(34)38-18-24-30-23(17-37-24)26(35)29-11-4-12-33-13-15-36-16-14-33/h2-3,5-10,17H,4,11-16,18H2,1H3,(H,29,35). The molecule has 1 saturated heterocycles. The third-order valence-corrected chi connectivity index (χ3v) is 8.49. The van der Waals surface area contributed by atoms with Crippen LogP contribution in [0.25, 0.3) is 17.1 Å². The Kier molecular flexibility index (Phi) is 9.08. The molecule has 1 amide bonds. The molecule has 38 heavy (non-hydrogen) atoms. The maximum absolute atomic E-state index is 12.6. The van der Waals surface area contributed by atoms with Gasteiger partial charge in [-0.2, -0.15) is 0 Å². The molecule has 5 rings (SSSR count). The highest BCUT2D eigenvalue weighted by Gasteiger charge is 2.19. The van der Waals surface area contributed by atoms with Crippen LogP contribution in [0.3, 0.4) is 0 Å². The topological polar surface area (TPSA) is 85.2 Å². The molecular formula is C27H29ClN6O2S2. The van der Waals surface area contributed by atoms with Gasteiger partial charge in [0.25, 0.3) is 5.91 Å². The number of morpholine rings is 1. The lowest BCUT2D eigenvalue weighted by Crippen LogP contribution is -2.38. The number of nitrogens with one attached hydrogen (secondary N) is 1. The van der Waals surface area contributed by atoms with Gasteiger partial charge in [0.15, 0.2) is 11.0 Å². The number of aromatic nitrogens is 4. The fourth-order valence-electron chi connectivity index (χ4n) is 4.13. The molecule has 8 nitrogen and oxygen atoms in total. The summed E-state index contributed by atoms with van der Waals surface area (Å²) in [7, 11) is 0. The lowest BCUT2D eigenvalue weighted by atomic mass is 10.2. The number of rotatable bonds is 10. The van der Waals surface area contributed by atoms with Crippen molar-refractivity contribution in [3.05, 3.63) is 75.2 Å². The molecule has 3 heterocycles. The minimum Gasteiger partial charge on any atom is -0.379 e. The van der Waals surface area contributed by atoms with Crippen LogP contribution >= 0.6 is 34.7 Å². The molecule has 4 aromatic rings. The van der Waals surface area contributed by atoms with E-state index in [-0.39, 0.29) is 5.91 Å². The van der Waals surface area contributed by atoms with E-state index in [1.165, 1.54) is 28.7 Å². The van der Waals surface area contributed by atoms with E-state index in [0.717, 1.165) is 60.7 Å². The van der Waals surface area contributed by atoms with Gasteiger partial charge in [-0.3, -0.25) is 14.3 Å². The summed E-state index contributed by atoms with van der Waals surface area (Å²) in [5.74, 6) is 1.11. The van der Waals surface area contributed by atoms with Crippen LogP contribution < -0.4 is 5.32 Å². The first-order valence-corrected chi connectivity index (χ1v) is 14.8. The molecular weight excluding hydrogens is 540 g/mol. The number of carbonyl (C=O) groups excluding carboxylic acids is 1. The van der Waals surface area contributed by atoms with Gasteiger partial charge in [0.05, 0.1) is 24.0 Å². The Bertz CT molecular complexity index is 1370. The van der Waals surface area contributed by atoms with E-state index in [4.69, 9.17) is 16.3 Å². The molecule has 2 aromatic carbocycles. The summed E-state index contributed by atoms with van der Waals surface area (Å²) in [6.45, 7) is 7.13. The fourth-order valence-corrected chi connectivity index (χ4v) is 6.10. The van der Waals surface area contributed by atoms with Crippen molar-refractivity contribution < 1.29 is 9.53 Å². The van der Waals surface area contributed by atoms with Gasteiger partial charge >= 0.3 is 0 Å². The molecule has 0 spiro atoms. The quantitative estimate of drug-likeness (QED) is 0.210. The Hall–Kier alpha value is -2.76. The number of benzene rings is 2. The van der Waals surface area contributed by atoms with Crippen molar-refractivity contribution >= 4 is 40.6 Å². The molecule has 0 unspecified atom stereocenters. The van der Waals surface area contributed by atoms with E-state index in [1.807, 2.05) is 46.3 Å². The Labute approximate surface area is 235 Å². The summed E-state index contributed by atoms with van der Waals surface area (Å²) in [4.78, 5) is 19.5. The molecule has 198 valence electrons. The van der Waals surface area contributed by atoms with E-state index in [1.54, 1.807) is 0 Å². The Morgan fingerprint density at radius 2 is 1.92 bits per heavy atom. The smallest absolute Gasteiger partial charge is 0.270 e. The second-order valence-electron chi connectivity index (χ2n) is 8.94. The molecule has 0 bridgehead atoms. The minimum absolute atomic E-state index is 0.136. The number of aryl methyl sites for hydroxylation is 1. The zero-order valence-corrected chi connectivity index (χ0v) is 23.5. The molecule has 0 saturated carbocycles. The van der Waals surface area contributed by atoms with Crippen LogP contribution in [-0.4, -0.2) is 69.9 Å². The monoisotopic (exact) mass is 568 g/mol. The van der Waals surface area contributed by atoms with Crippen molar-refractivity contribution in [2.24, 2.45) is 0 Å². The molecule has 0 radical (unpaired) electrons. The molecule has 1 fully saturated rings. The minimum atomic E-state index is -0.136. The molecule has 0 aliphatic carbocycles. The fraction of sp³-hybridized carbons (Fsp3) is 0.333. The van der Waals surface area contributed by atoms with Crippen LogP contribution in [0, 0.1) is 6.92 Å². The van der Waals surface area contributed by atoms with E-state index in [2.05, 4.69) is 44.5 Å². The molecule has 11 heteroatoms. The van der Waals surface area contributed by atoms with Crippen LogP contribution in [0.5, 0.6) is 0 Å². The maximum Gasteiger partial charge on any atom is 0.270 e. The number of carbonyl (C=O) groups is 1. The van der Waals surface area contributed by atoms with Gasteiger partial charge in [0.1, 0.15) is 10.7 Å². The van der Waals surface area contributed by atoms with Gasteiger partial charge in [-0.15, -0.1) is 21.5 Å². The summed E-state index contributed by atoms with van der Waals surface area (Å²) < 4.78 is 7.39. The third kappa shape index (κ3) is 6.62. The molecule has 1 aliphatic heterocycles. The zero-order chi connectivity index (χ0) is 26.3. The van der Waals surface area contributed by atoms with Gasteiger partial charge in [-0.25, -0.2) is 4.98 Å². The summed E-state index contributed by atoms with van der Waals surface area (Å²) in [5.41, 5.74) is 3.39. The molecule has 1 aliphatic rings.